The monoisotopic (exact) mass is 314 g/mol. The Labute approximate surface area is 122 Å². The average molecular weight is 314 g/mol. The lowest BCUT2D eigenvalue weighted by Gasteiger charge is -2.14. The highest BCUT2D eigenvalue weighted by Crippen LogP contribution is 2.22. The van der Waals surface area contributed by atoms with Crippen LogP contribution in [0.3, 0.4) is 0 Å². The largest absolute Gasteiger partial charge is 0.347 e. The summed E-state index contributed by atoms with van der Waals surface area (Å²) in [4.78, 5) is 8.34. The van der Waals surface area contributed by atoms with Gasteiger partial charge in [0.25, 0.3) is 0 Å². The number of rotatable bonds is 7. The Balaban J connectivity index is 2.17. The fourth-order valence-corrected chi connectivity index (χ4v) is 4.39. The molecule has 0 saturated heterocycles. The number of imidazole rings is 1. The highest BCUT2D eigenvalue weighted by molar-refractivity contribution is 7.89. The number of thiophene rings is 1. The number of sulfonamides is 1. The van der Waals surface area contributed by atoms with Crippen LogP contribution in [0.4, 0.5) is 0 Å². The Morgan fingerprint density at radius 2 is 2.30 bits per heavy atom. The van der Waals surface area contributed by atoms with Crippen LogP contribution in [-0.4, -0.2) is 25.4 Å². The Bertz CT molecular complexity index is 634. The van der Waals surface area contributed by atoms with Crippen LogP contribution in [0.2, 0.25) is 0 Å². The minimum atomic E-state index is -3.52. The topological polar surface area (TPSA) is 86.9 Å². The predicted molar refractivity (Wildman–Crippen MR) is 79.0 cm³/mol. The molecule has 0 aromatic carbocycles. The van der Waals surface area contributed by atoms with E-state index in [-0.39, 0.29) is 6.04 Å². The molecule has 6 nitrogen and oxygen atoms in total. The summed E-state index contributed by atoms with van der Waals surface area (Å²) >= 11 is 1.43. The summed E-state index contributed by atoms with van der Waals surface area (Å²) in [6.07, 6.45) is 3.92. The molecule has 1 atom stereocenters. The molecule has 0 bridgehead atoms. The van der Waals surface area contributed by atoms with E-state index in [1.54, 1.807) is 23.8 Å². The van der Waals surface area contributed by atoms with E-state index in [0.29, 0.717) is 23.7 Å². The van der Waals surface area contributed by atoms with Gasteiger partial charge in [0.15, 0.2) is 0 Å². The van der Waals surface area contributed by atoms with E-state index < -0.39 is 10.0 Å². The standard InChI is InChI=1S/C12H18N4O2S2/c1-3-11(12-14-4-5-15-12)16-20(17,18)10-6-9(7-13-2)19-8-10/h4-6,8,11,13,16H,3,7H2,1-2H3,(H,14,15). The van der Waals surface area contributed by atoms with Crippen molar-refractivity contribution in [2.24, 2.45) is 0 Å². The van der Waals surface area contributed by atoms with Crippen molar-refractivity contribution in [3.05, 3.63) is 34.5 Å². The molecule has 0 aliphatic rings. The van der Waals surface area contributed by atoms with E-state index in [2.05, 4.69) is 20.0 Å². The van der Waals surface area contributed by atoms with Gasteiger partial charge in [-0.2, -0.15) is 0 Å². The Morgan fingerprint density at radius 1 is 1.50 bits per heavy atom. The van der Waals surface area contributed by atoms with E-state index in [4.69, 9.17) is 0 Å². The first kappa shape index (κ1) is 15.2. The molecule has 0 radical (unpaired) electrons. The van der Waals surface area contributed by atoms with Gasteiger partial charge in [-0.3, -0.25) is 0 Å². The summed E-state index contributed by atoms with van der Waals surface area (Å²) in [5.74, 6) is 0.627. The summed E-state index contributed by atoms with van der Waals surface area (Å²) < 4.78 is 27.4. The molecular weight excluding hydrogens is 296 g/mol. The molecule has 2 heterocycles. The molecule has 110 valence electrons. The fourth-order valence-electron chi connectivity index (χ4n) is 1.82. The molecule has 3 N–H and O–H groups in total. The van der Waals surface area contributed by atoms with E-state index in [1.165, 1.54) is 11.3 Å². The first-order valence-corrected chi connectivity index (χ1v) is 8.66. The maximum Gasteiger partial charge on any atom is 0.242 e. The van der Waals surface area contributed by atoms with Gasteiger partial charge in [0, 0.05) is 29.2 Å². The lowest BCUT2D eigenvalue weighted by Crippen LogP contribution is -2.28. The van der Waals surface area contributed by atoms with Gasteiger partial charge in [0.1, 0.15) is 5.82 Å². The van der Waals surface area contributed by atoms with Crippen LogP contribution in [0, 0.1) is 0 Å². The molecule has 0 spiro atoms. The molecule has 0 saturated carbocycles. The third-order valence-electron chi connectivity index (χ3n) is 2.85. The molecular formula is C12H18N4O2S2. The normalized spacial score (nSPS) is 13.5. The number of hydrogen-bond acceptors (Lipinski definition) is 5. The minimum absolute atomic E-state index is 0.303. The summed E-state index contributed by atoms with van der Waals surface area (Å²) in [6.45, 7) is 2.57. The molecule has 2 aromatic heterocycles. The first-order chi connectivity index (χ1) is 9.56. The van der Waals surface area contributed by atoms with Crippen molar-refractivity contribution in [1.29, 1.82) is 0 Å². The van der Waals surface area contributed by atoms with Crippen molar-refractivity contribution < 1.29 is 8.42 Å². The second kappa shape index (κ2) is 6.49. The molecule has 2 rings (SSSR count). The van der Waals surface area contributed by atoms with E-state index >= 15 is 0 Å². The number of aromatic nitrogens is 2. The number of H-pyrrole nitrogens is 1. The Kier molecular flexibility index (Phi) is 4.92. The van der Waals surface area contributed by atoms with E-state index in [9.17, 15) is 8.42 Å². The van der Waals surface area contributed by atoms with Crippen LogP contribution in [0.1, 0.15) is 30.1 Å². The summed E-state index contributed by atoms with van der Waals surface area (Å²) in [7, 11) is -1.69. The zero-order valence-corrected chi connectivity index (χ0v) is 13.0. The van der Waals surface area contributed by atoms with E-state index in [1.807, 2.05) is 14.0 Å². The molecule has 1 unspecified atom stereocenters. The van der Waals surface area contributed by atoms with Crippen LogP contribution in [0.15, 0.2) is 28.7 Å². The van der Waals surface area contributed by atoms with Crippen molar-refractivity contribution in [3.63, 3.8) is 0 Å². The average Bonchev–Trinajstić information content (AvgIpc) is 3.07. The molecule has 0 amide bonds. The molecule has 2 aromatic rings. The van der Waals surface area contributed by atoms with Gasteiger partial charge >= 0.3 is 0 Å². The summed E-state index contributed by atoms with van der Waals surface area (Å²) in [6, 6.07) is 1.35. The van der Waals surface area contributed by atoms with Crippen LogP contribution in [0.5, 0.6) is 0 Å². The number of nitrogens with one attached hydrogen (secondary N) is 3. The molecule has 0 aliphatic heterocycles. The summed E-state index contributed by atoms with van der Waals surface area (Å²) in [5, 5.41) is 4.66. The van der Waals surface area contributed by atoms with Crippen LogP contribution in [-0.2, 0) is 16.6 Å². The Morgan fingerprint density at radius 3 is 2.90 bits per heavy atom. The van der Waals surface area contributed by atoms with Crippen molar-refractivity contribution >= 4 is 21.4 Å². The maximum atomic E-state index is 12.3. The Hall–Kier alpha value is -1.22. The zero-order valence-electron chi connectivity index (χ0n) is 11.4. The van der Waals surface area contributed by atoms with Gasteiger partial charge in [-0.15, -0.1) is 11.3 Å². The fraction of sp³-hybridized carbons (Fsp3) is 0.417. The zero-order chi connectivity index (χ0) is 14.6. The summed E-state index contributed by atoms with van der Waals surface area (Å²) in [5.41, 5.74) is 0. The smallest absolute Gasteiger partial charge is 0.242 e. The van der Waals surface area contributed by atoms with Gasteiger partial charge in [-0.05, 0) is 19.5 Å². The van der Waals surface area contributed by atoms with Gasteiger partial charge in [-0.25, -0.2) is 18.1 Å². The molecule has 20 heavy (non-hydrogen) atoms. The van der Waals surface area contributed by atoms with Crippen LogP contribution >= 0.6 is 11.3 Å². The van der Waals surface area contributed by atoms with Crippen molar-refractivity contribution in [3.8, 4) is 0 Å². The van der Waals surface area contributed by atoms with Crippen LogP contribution < -0.4 is 10.0 Å². The second-order valence-corrected chi connectivity index (χ2v) is 7.05. The molecule has 0 aliphatic carbocycles. The highest BCUT2D eigenvalue weighted by atomic mass is 32.2. The predicted octanol–water partition coefficient (Wildman–Crippen LogP) is 1.62. The van der Waals surface area contributed by atoms with Crippen molar-refractivity contribution in [2.45, 2.75) is 30.8 Å². The van der Waals surface area contributed by atoms with Crippen molar-refractivity contribution in [1.82, 2.24) is 20.0 Å². The number of aromatic amines is 1. The number of nitrogens with zero attached hydrogens (tertiary/aromatic N) is 1. The van der Waals surface area contributed by atoms with Gasteiger partial charge in [0.2, 0.25) is 10.0 Å². The maximum absolute atomic E-state index is 12.3. The van der Waals surface area contributed by atoms with Gasteiger partial charge < -0.3 is 10.3 Å². The third-order valence-corrected chi connectivity index (χ3v) is 5.38. The second-order valence-electron chi connectivity index (χ2n) is 4.34. The number of hydrogen-bond donors (Lipinski definition) is 3. The lowest BCUT2D eigenvalue weighted by atomic mass is 10.2. The highest BCUT2D eigenvalue weighted by Gasteiger charge is 2.22. The molecule has 0 fully saturated rings. The third kappa shape index (κ3) is 3.45. The van der Waals surface area contributed by atoms with E-state index in [0.717, 1.165) is 4.88 Å². The SMILES string of the molecule is CCC(NS(=O)(=O)c1csc(CNC)c1)c1ncc[nH]1. The lowest BCUT2D eigenvalue weighted by molar-refractivity contribution is 0.539. The first-order valence-electron chi connectivity index (χ1n) is 6.30. The van der Waals surface area contributed by atoms with Crippen molar-refractivity contribution in [2.75, 3.05) is 7.05 Å². The van der Waals surface area contributed by atoms with Gasteiger partial charge in [-0.1, -0.05) is 6.92 Å². The van der Waals surface area contributed by atoms with Gasteiger partial charge in [0.05, 0.1) is 10.9 Å². The van der Waals surface area contributed by atoms with Crippen LogP contribution in [0.25, 0.3) is 0 Å². The molecule has 8 heteroatoms. The minimum Gasteiger partial charge on any atom is -0.347 e. The quantitative estimate of drug-likeness (QED) is 0.725.